The third-order valence-electron chi connectivity index (χ3n) is 3.20. The second-order valence-corrected chi connectivity index (χ2v) is 4.99. The van der Waals surface area contributed by atoms with Crippen molar-refractivity contribution in [3.05, 3.63) is 41.6 Å². The normalized spacial score (nSPS) is 14.9. The van der Waals surface area contributed by atoms with E-state index in [9.17, 15) is 8.78 Å². The molecule has 0 aliphatic heterocycles. The smallest absolute Gasteiger partial charge is 0.126 e. The highest BCUT2D eigenvalue weighted by Gasteiger charge is 2.21. The maximum atomic E-state index is 13.3. The Balaban J connectivity index is 1.93. The van der Waals surface area contributed by atoms with Gasteiger partial charge in [-0.25, -0.2) is 8.78 Å². The van der Waals surface area contributed by atoms with Gasteiger partial charge in [-0.3, -0.25) is 4.68 Å². The highest BCUT2D eigenvalue weighted by Crippen LogP contribution is 2.25. The topological polar surface area (TPSA) is 29.9 Å². The molecule has 1 fully saturated rings. The van der Waals surface area contributed by atoms with Crippen molar-refractivity contribution in [1.82, 2.24) is 15.1 Å². The molecule has 1 aliphatic rings. The fraction of sp³-hybridized carbons (Fsp3) is 0.357. The van der Waals surface area contributed by atoms with Crippen LogP contribution in [0.3, 0.4) is 0 Å². The van der Waals surface area contributed by atoms with Crippen LogP contribution in [-0.4, -0.2) is 15.8 Å². The predicted molar refractivity (Wildman–Crippen MR) is 68.4 cm³/mol. The van der Waals surface area contributed by atoms with E-state index >= 15 is 0 Å². The highest BCUT2D eigenvalue weighted by atomic mass is 19.1. The molecule has 0 bridgehead atoms. The fourth-order valence-corrected chi connectivity index (χ4v) is 2.14. The van der Waals surface area contributed by atoms with E-state index in [0.717, 1.165) is 11.6 Å². The van der Waals surface area contributed by atoms with Gasteiger partial charge in [-0.05, 0) is 25.0 Å². The molecule has 1 heterocycles. The van der Waals surface area contributed by atoms with Crippen LogP contribution in [0.1, 0.15) is 18.4 Å². The van der Waals surface area contributed by atoms with Gasteiger partial charge in [0, 0.05) is 43.0 Å². The van der Waals surface area contributed by atoms with Crippen LogP contribution < -0.4 is 5.32 Å². The van der Waals surface area contributed by atoms with E-state index in [4.69, 9.17) is 0 Å². The van der Waals surface area contributed by atoms with Gasteiger partial charge >= 0.3 is 0 Å². The Morgan fingerprint density at radius 3 is 2.58 bits per heavy atom. The Morgan fingerprint density at radius 1 is 1.26 bits per heavy atom. The molecule has 1 aromatic carbocycles. The molecule has 1 aliphatic carbocycles. The number of nitrogens with zero attached hydrogens (tertiary/aromatic N) is 2. The van der Waals surface area contributed by atoms with Gasteiger partial charge in [0.05, 0.1) is 5.69 Å². The largest absolute Gasteiger partial charge is 0.310 e. The molecule has 0 radical (unpaired) electrons. The average Bonchev–Trinajstić information content (AvgIpc) is 3.08. The van der Waals surface area contributed by atoms with Crippen molar-refractivity contribution in [2.75, 3.05) is 0 Å². The van der Waals surface area contributed by atoms with Crippen LogP contribution >= 0.6 is 0 Å². The number of aromatic nitrogens is 2. The number of benzene rings is 1. The standard InChI is InChI=1S/C14H15F2N3/c1-19-8-10(7-17-13-2-3-13)14(18-19)9-4-11(15)6-12(16)5-9/h4-6,8,13,17H,2-3,7H2,1H3. The van der Waals surface area contributed by atoms with Crippen molar-refractivity contribution in [1.29, 1.82) is 0 Å². The number of aryl methyl sites for hydroxylation is 1. The van der Waals surface area contributed by atoms with Crippen LogP contribution in [0.15, 0.2) is 24.4 Å². The number of rotatable bonds is 4. The SMILES string of the molecule is Cn1cc(CNC2CC2)c(-c2cc(F)cc(F)c2)n1. The Bertz CT molecular complexity index is 582. The molecule has 1 N–H and O–H groups in total. The van der Waals surface area contributed by atoms with E-state index in [2.05, 4.69) is 10.4 Å². The van der Waals surface area contributed by atoms with E-state index in [1.54, 1.807) is 11.7 Å². The van der Waals surface area contributed by atoms with Crippen LogP contribution in [0, 0.1) is 11.6 Å². The van der Waals surface area contributed by atoms with E-state index in [1.807, 2.05) is 6.20 Å². The summed E-state index contributed by atoms with van der Waals surface area (Å²) in [5.74, 6) is -1.16. The fourth-order valence-electron chi connectivity index (χ4n) is 2.14. The second-order valence-electron chi connectivity index (χ2n) is 4.99. The molecular weight excluding hydrogens is 248 g/mol. The van der Waals surface area contributed by atoms with E-state index in [1.165, 1.54) is 25.0 Å². The molecule has 1 saturated carbocycles. The van der Waals surface area contributed by atoms with Gasteiger partial charge in [0.2, 0.25) is 0 Å². The molecular formula is C14H15F2N3. The lowest BCUT2D eigenvalue weighted by atomic mass is 10.1. The first-order chi connectivity index (χ1) is 9.11. The zero-order valence-electron chi connectivity index (χ0n) is 10.7. The molecule has 2 aromatic rings. The van der Waals surface area contributed by atoms with Crippen LogP contribution in [0.4, 0.5) is 8.78 Å². The van der Waals surface area contributed by atoms with Crippen molar-refractivity contribution in [3.63, 3.8) is 0 Å². The van der Waals surface area contributed by atoms with Crippen molar-refractivity contribution in [2.24, 2.45) is 7.05 Å². The highest BCUT2D eigenvalue weighted by molar-refractivity contribution is 5.62. The maximum Gasteiger partial charge on any atom is 0.126 e. The summed E-state index contributed by atoms with van der Waals surface area (Å²) in [6.45, 7) is 0.673. The quantitative estimate of drug-likeness (QED) is 0.919. The van der Waals surface area contributed by atoms with Crippen molar-refractivity contribution < 1.29 is 8.78 Å². The monoisotopic (exact) mass is 263 g/mol. The molecule has 19 heavy (non-hydrogen) atoms. The van der Waals surface area contributed by atoms with Gasteiger partial charge in [0.1, 0.15) is 11.6 Å². The van der Waals surface area contributed by atoms with E-state index in [-0.39, 0.29) is 0 Å². The zero-order chi connectivity index (χ0) is 13.4. The summed E-state index contributed by atoms with van der Waals surface area (Å²) in [5, 5.41) is 7.69. The Morgan fingerprint density at radius 2 is 1.95 bits per heavy atom. The Kier molecular flexibility index (Phi) is 3.06. The van der Waals surface area contributed by atoms with Crippen LogP contribution in [0.2, 0.25) is 0 Å². The van der Waals surface area contributed by atoms with E-state index in [0.29, 0.717) is 23.8 Å². The third-order valence-corrected chi connectivity index (χ3v) is 3.20. The summed E-state index contributed by atoms with van der Waals surface area (Å²) in [6, 6.07) is 4.07. The van der Waals surface area contributed by atoms with Gasteiger partial charge in [-0.15, -0.1) is 0 Å². The summed E-state index contributed by atoms with van der Waals surface area (Å²) in [5.41, 5.74) is 2.07. The van der Waals surface area contributed by atoms with Gasteiger partial charge in [-0.1, -0.05) is 0 Å². The van der Waals surface area contributed by atoms with Crippen LogP contribution in [-0.2, 0) is 13.6 Å². The second kappa shape index (κ2) is 4.74. The van der Waals surface area contributed by atoms with Crippen molar-refractivity contribution >= 4 is 0 Å². The van der Waals surface area contributed by atoms with Crippen LogP contribution in [0.5, 0.6) is 0 Å². The average molecular weight is 263 g/mol. The first-order valence-electron chi connectivity index (χ1n) is 6.34. The zero-order valence-corrected chi connectivity index (χ0v) is 10.7. The molecule has 0 saturated heterocycles. The van der Waals surface area contributed by atoms with Crippen molar-refractivity contribution in [2.45, 2.75) is 25.4 Å². The van der Waals surface area contributed by atoms with Crippen molar-refractivity contribution in [3.8, 4) is 11.3 Å². The summed E-state index contributed by atoms with van der Waals surface area (Å²) in [7, 11) is 1.81. The molecule has 3 nitrogen and oxygen atoms in total. The summed E-state index contributed by atoms with van der Waals surface area (Å²) >= 11 is 0. The number of hydrogen-bond donors (Lipinski definition) is 1. The van der Waals surface area contributed by atoms with Gasteiger partial charge < -0.3 is 5.32 Å². The minimum absolute atomic E-state index is 0.477. The minimum Gasteiger partial charge on any atom is -0.310 e. The van der Waals surface area contributed by atoms with E-state index < -0.39 is 11.6 Å². The molecule has 3 rings (SSSR count). The number of halogens is 2. The van der Waals surface area contributed by atoms with Gasteiger partial charge in [-0.2, -0.15) is 5.10 Å². The molecule has 0 amide bonds. The lowest BCUT2D eigenvalue weighted by Crippen LogP contribution is -2.15. The number of hydrogen-bond acceptors (Lipinski definition) is 2. The molecule has 1 aromatic heterocycles. The molecule has 0 atom stereocenters. The van der Waals surface area contributed by atoms with Crippen LogP contribution in [0.25, 0.3) is 11.3 Å². The summed E-state index contributed by atoms with van der Waals surface area (Å²) < 4.78 is 28.2. The van der Waals surface area contributed by atoms with Gasteiger partial charge in [0.25, 0.3) is 0 Å². The Labute approximate surface area is 110 Å². The minimum atomic E-state index is -0.582. The first kappa shape index (κ1) is 12.3. The molecule has 0 unspecified atom stereocenters. The first-order valence-corrected chi connectivity index (χ1v) is 6.34. The maximum absolute atomic E-state index is 13.3. The lowest BCUT2D eigenvalue weighted by Gasteiger charge is -2.04. The number of nitrogens with one attached hydrogen (secondary N) is 1. The molecule has 5 heteroatoms. The summed E-state index contributed by atoms with van der Waals surface area (Å²) in [6.07, 6.45) is 4.28. The summed E-state index contributed by atoms with van der Waals surface area (Å²) in [4.78, 5) is 0. The lowest BCUT2D eigenvalue weighted by molar-refractivity contribution is 0.584. The molecule has 0 spiro atoms. The molecule has 100 valence electrons. The predicted octanol–water partition coefficient (Wildman–Crippen LogP) is 2.62. The third kappa shape index (κ3) is 2.81. The Hall–Kier alpha value is -1.75. The van der Waals surface area contributed by atoms with Gasteiger partial charge in [0.15, 0.2) is 0 Å².